The van der Waals surface area contributed by atoms with Crippen LogP contribution >= 0.6 is 11.6 Å². The monoisotopic (exact) mass is 500 g/mol. The topological polar surface area (TPSA) is 62.5 Å². The van der Waals surface area contributed by atoms with Crippen molar-refractivity contribution in [3.63, 3.8) is 0 Å². The van der Waals surface area contributed by atoms with Crippen molar-refractivity contribution < 1.29 is 9.32 Å². The SMILES string of the molecule is O=C(C1CCN(Cc2nc(-c3cccc(Cl)c3)no2)CC1)N(Cc1ccccc1)Cc1ccccc1. The van der Waals surface area contributed by atoms with Crippen molar-refractivity contribution in [2.24, 2.45) is 5.92 Å². The number of hydrogen-bond donors (Lipinski definition) is 0. The molecule has 0 radical (unpaired) electrons. The van der Waals surface area contributed by atoms with E-state index < -0.39 is 0 Å². The van der Waals surface area contributed by atoms with Gasteiger partial charge in [-0.05, 0) is 49.2 Å². The van der Waals surface area contributed by atoms with Crippen molar-refractivity contribution in [2.75, 3.05) is 13.1 Å². The van der Waals surface area contributed by atoms with E-state index in [1.54, 1.807) is 0 Å². The van der Waals surface area contributed by atoms with Crippen LogP contribution in [0.1, 0.15) is 29.9 Å². The third kappa shape index (κ3) is 6.20. The molecular formula is C29H29ClN4O2. The number of hydrogen-bond acceptors (Lipinski definition) is 5. The molecule has 4 aromatic rings. The molecule has 5 rings (SSSR count). The average molecular weight is 501 g/mol. The maximum absolute atomic E-state index is 13.6. The van der Waals surface area contributed by atoms with Crippen LogP contribution in [0.4, 0.5) is 0 Å². The van der Waals surface area contributed by atoms with Gasteiger partial charge in [-0.25, -0.2) is 0 Å². The maximum Gasteiger partial charge on any atom is 0.241 e. The lowest BCUT2D eigenvalue weighted by Crippen LogP contribution is -2.42. The molecule has 3 aromatic carbocycles. The van der Waals surface area contributed by atoms with Gasteiger partial charge >= 0.3 is 0 Å². The summed E-state index contributed by atoms with van der Waals surface area (Å²) in [7, 11) is 0. The Labute approximate surface area is 216 Å². The van der Waals surface area contributed by atoms with E-state index in [-0.39, 0.29) is 11.8 Å². The molecular weight excluding hydrogens is 472 g/mol. The van der Waals surface area contributed by atoms with Gasteiger partial charge in [0.1, 0.15) is 0 Å². The minimum absolute atomic E-state index is 0.0124. The van der Waals surface area contributed by atoms with Crippen LogP contribution < -0.4 is 0 Å². The first-order valence-corrected chi connectivity index (χ1v) is 12.7. The molecule has 1 aliphatic rings. The Balaban J connectivity index is 1.20. The summed E-state index contributed by atoms with van der Waals surface area (Å²) < 4.78 is 5.49. The zero-order valence-electron chi connectivity index (χ0n) is 20.1. The first-order valence-electron chi connectivity index (χ1n) is 12.3. The third-order valence-corrected chi connectivity index (χ3v) is 6.83. The van der Waals surface area contributed by atoms with Crippen molar-refractivity contribution in [3.05, 3.63) is 107 Å². The zero-order chi connectivity index (χ0) is 24.7. The highest BCUT2D eigenvalue weighted by Crippen LogP contribution is 2.24. The van der Waals surface area contributed by atoms with E-state index in [9.17, 15) is 4.79 Å². The van der Waals surface area contributed by atoms with Gasteiger partial charge in [-0.3, -0.25) is 9.69 Å². The number of carbonyl (C=O) groups excluding carboxylic acids is 1. The molecule has 1 amide bonds. The molecule has 6 nitrogen and oxygen atoms in total. The molecule has 1 aliphatic heterocycles. The van der Waals surface area contributed by atoms with E-state index in [4.69, 9.17) is 16.1 Å². The van der Waals surface area contributed by atoms with Crippen molar-refractivity contribution in [3.8, 4) is 11.4 Å². The lowest BCUT2D eigenvalue weighted by atomic mass is 9.94. The Kier molecular flexibility index (Phi) is 7.74. The van der Waals surface area contributed by atoms with Gasteiger partial charge in [-0.1, -0.05) is 89.6 Å². The summed E-state index contributed by atoms with van der Waals surface area (Å²) >= 11 is 6.08. The molecule has 1 fully saturated rings. The summed E-state index contributed by atoms with van der Waals surface area (Å²) in [6.07, 6.45) is 1.63. The molecule has 36 heavy (non-hydrogen) atoms. The number of piperidine rings is 1. The predicted octanol–water partition coefficient (Wildman–Crippen LogP) is 5.83. The molecule has 184 valence electrons. The second-order valence-electron chi connectivity index (χ2n) is 9.24. The van der Waals surface area contributed by atoms with Crippen LogP contribution in [0.25, 0.3) is 11.4 Å². The summed E-state index contributed by atoms with van der Waals surface area (Å²) in [6.45, 7) is 3.43. The summed E-state index contributed by atoms with van der Waals surface area (Å²) in [5.41, 5.74) is 3.12. The van der Waals surface area contributed by atoms with E-state index in [2.05, 4.69) is 39.3 Å². The highest BCUT2D eigenvalue weighted by atomic mass is 35.5. The van der Waals surface area contributed by atoms with E-state index in [1.807, 2.05) is 65.6 Å². The van der Waals surface area contributed by atoms with Crippen LogP contribution in [0.15, 0.2) is 89.5 Å². The Morgan fingerprint density at radius 3 is 2.17 bits per heavy atom. The second-order valence-corrected chi connectivity index (χ2v) is 9.67. The number of rotatable bonds is 8. The Morgan fingerprint density at radius 2 is 1.56 bits per heavy atom. The molecule has 0 atom stereocenters. The number of nitrogens with zero attached hydrogens (tertiary/aromatic N) is 4. The lowest BCUT2D eigenvalue weighted by molar-refractivity contribution is -0.138. The second kappa shape index (κ2) is 11.5. The maximum atomic E-state index is 13.6. The fourth-order valence-corrected chi connectivity index (χ4v) is 4.86. The normalized spacial score (nSPS) is 14.6. The average Bonchev–Trinajstić information content (AvgIpc) is 3.38. The largest absolute Gasteiger partial charge is 0.338 e. The summed E-state index contributed by atoms with van der Waals surface area (Å²) in [6, 6.07) is 27.8. The van der Waals surface area contributed by atoms with Gasteiger partial charge < -0.3 is 9.42 Å². The third-order valence-electron chi connectivity index (χ3n) is 6.59. The molecule has 7 heteroatoms. The van der Waals surface area contributed by atoms with Crippen LogP contribution in [-0.4, -0.2) is 38.9 Å². The number of aromatic nitrogens is 2. The highest BCUT2D eigenvalue weighted by Gasteiger charge is 2.29. The molecule has 0 aliphatic carbocycles. The first kappa shape index (κ1) is 24.2. The Bertz CT molecular complexity index is 1230. The van der Waals surface area contributed by atoms with E-state index in [0.717, 1.165) is 42.6 Å². The van der Waals surface area contributed by atoms with Crippen molar-refractivity contribution in [1.82, 2.24) is 19.9 Å². The van der Waals surface area contributed by atoms with E-state index in [0.29, 0.717) is 36.4 Å². The van der Waals surface area contributed by atoms with Crippen LogP contribution in [0, 0.1) is 5.92 Å². The standard InChI is InChI=1S/C29H29ClN4O2/c30-26-13-7-12-25(18-26)28-31-27(36-32-28)21-33-16-14-24(15-17-33)29(35)34(19-22-8-3-1-4-9-22)20-23-10-5-2-6-11-23/h1-13,18,24H,14-17,19-21H2. The molecule has 1 aromatic heterocycles. The minimum Gasteiger partial charge on any atom is -0.338 e. The molecule has 0 bridgehead atoms. The van der Waals surface area contributed by atoms with Gasteiger partial charge in [0, 0.05) is 29.6 Å². The van der Waals surface area contributed by atoms with Crippen LogP contribution in [-0.2, 0) is 24.4 Å². The zero-order valence-corrected chi connectivity index (χ0v) is 20.8. The summed E-state index contributed by atoms with van der Waals surface area (Å²) in [5, 5.41) is 4.75. The first-order chi connectivity index (χ1) is 17.6. The fraction of sp³-hybridized carbons (Fsp3) is 0.276. The summed E-state index contributed by atoms with van der Waals surface area (Å²) in [4.78, 5) is 22.4. The molecule has 0 spiro atoms. The minimum atomic E-state index is 0.0124. The number of amides is 1. The van der Waals surface area contributed by atoms with Gasteiger partial charge in [0.2, 0.25) is 17.6 Å². The van der Waals surface area contributed by atoms with E-state index in [1.165, 1.54) is 0 Å². The van der Waals surface area contributed by atoms with Gasteiger partial charge in [0.05, 0.1) is 6.54 Å². The summed E-state index contributed by atoms with van der Waals surface area (Å²) in [5.74, 6) is 1.35. The van der Waals surface area contributed by atoms with Crippen LogP contribution in [0.3, 0.4) is 0 Å². The molecule has 1 saturated heterocycles. The van der Waals surface area contributed by atoms with Crippen LogP contribution in [0.5, 0.6) is 0 Å². The number of likely N-dealkylation sites (tertiary alicyclic amines) is 1. The quantitative estimate of drug-likeness (QED) is 0.304. The lowest BCUT2D eigenvalue weighted by Gasteiger charge is -2.34. The smallest absolute Gasteiger partial charge is 0.241 e. The fourth-order valence-electron chi connectivity index (χ4n) is 4.67. The number of halogens is 1. The number of carbonyl (C=O) groups is 1. The Morgan fingerprint density at radius 1 is 0.917 bits per heavy atom. The van der Waals surface area contributed by atoms with Crippen molar-refractivity contribution >= 4 is 17.5 Å². The number of benzene rings is 3. The molecule has 0 saturated carbocycles. The Hall–Kier alpha value is -3.48. The van der Waals surface area contributed by atoms with Gasteiger partial charge in [-0.2, -0.15) is 4.98 Å². The van der Waals surface area contributed by atoms with E-state index >= 15 is 0 Å². The van der Waals surface area contributed by atoms with Gasteiger partial charge in [0.25, 0.3) is 0 Å². The molecule has 0 N–H and O–H groups in total. The van der Waals surface area contributed by atoms with Gasteiger partial charge in [-0.15, -0.1) is 0 Å². The van der Waals surface area contributed by atoms with Gasteiger partial charge in [0.15, 0.2) is 0 Å². The van der Waals surface area contributed by atoms with Crippen LogP contribution in [0.2, 0.25) is 5.02 Å². The van der Waals surface area contributed by atoms with Crippen molar-refractivity contribution in [2.45, 2.75) is 32.5 Å². The van der Waals surface area contributed by atoms with Crippen molar-refractivity contribution in [1.29, 1.82) is 0 Å². The highest BCUT2D eigenvalue weighted by molar-refractivity contribution is 6.30. The molecule has 2 heterocycles. The molecule has 0 unspecified atom stereocenters. The predicted molar refractivity (Wildman–Crippen MR) is 140 cm³/mol.